The van der Waals surface area contributed by atoms with E-state index in [1.807, 2.05) is 31.3 Å². The summed E-state index contributed by atoms with van der Waals surface area (Å²) in [6, 6.07) is 7.69. The van der Waals surface area contributed by atoms with Gasteiger partial charge < -0.3 is 5.32 Å². The quantitative estimate of drug-likeness (QED) is 0.901. The smallest absolute Gasteiger partial charge is 0.255 e. The molecule has 0 aliphatic rings. The van der Waals surface area contributed by atoms with E-state index in [9.17, 15) is 4.79 Å². The van der Waals surface area contributed by atoms with Crippen molar-refractivity contribution in [2.24, 2.45) is 7.05 Å². The summed E-state index contributed by atoms with van der Waals surface area (Å²) >= 11 is 0. The number of anilines is 1. The molecule has 4 heteroatoms. The number of aryl methyl sites for hydroxylation is 1. The number of hydrogen-bond donors (Lipinski definition) is 1. The molecule has 4 nitrogen and oxygen atoms in total. The predicted molar refractivity (Wildman–Crippen MR) is 71.7 cm³/mol. The summed E-state index contributed by atoms with van der Waals surface area (Å²) in [7, 11) is 1.81. The second-order valence-corrected chi connectivity index (χ2v) is 4.64. The highest BCUT2D eigenvalue weighted by Gasteiger charge is 2.08. The fourth-order valence-electron chi connectivity index (χ4n) is 1.73. The van der Waals surface area contributed by atoms with Crippen LogP contribution in [0.3, 0.4) is 0 Å². The van der Waals surface area contributed by atoms with E-state index in [1.54, 1.807) is 17.1 Å². The molecule has 1 aromatic heterocycles. The van der Waals surface area contributed by atoms with E-state index in [0.717, 1.165) is 5.56 Å². The van der Waals surface area contributed by atoms with Gasteiger partial charge in [-0.3, -0.25) is 9.48 Å². The molecule has 0 aliphatic heterocycles. The standard InChI is InChI=1S/C14H17N3O/c1-10(2)11-5-4-6-12(7-11)14(18)16-13-8-15-17(3)9-13/h4-10H,1-3H3,(H,16,18). The lowest BCUT2D eigenvalue weighted by atomic mass is 10.0. The van der Waals surface area contributed by atoms with E-state index in [0.29, 0.717) is 17.2 Å². The Morgan fingerprint density at radius 3 is 2.78 bits per heavy atom. The number of nitrogens with one attached hydrogen (secondary N) is 1. The Balaban J connectivity index is 2.16. The molecule has 0 saturated heterocycles. The summed E-state index contributed by atoms with van der Waals surface area (Å²) in [5, 5.41) is 6.83. The van der Waals surface area contributed by atoms with Crippen LogP contribution < -0.4 is 5.32 Å². The van der Waals surface area contributed by atoms with Gasteiger partial charge >= 0.3 is 0 Å². The minimum Gasteiger partial charge on any atom is -0.319 e. The molecule has 0 radical (unpaired) electrons. The van der Waals surface area contributed by atoms with E-state index >= 15 is 0 Å². The summed E-state index contributed by atoms with van der Waals surface area (Å²) in [5.41, 5.74) is 2.54. The second kappa shape index (κ2) is 5.04. The van der Waals surface area contributed by atoms with Gasteiger partial charge in [-0.15, -0.1) is 0 Å². The van der Waals surface area contributed by atoms with Gasteiger partial charge in [0.2, 0.25) is 0 Å². The first-order valence-electron chi connectivity index (χ1n) is 5.96. The number of rotatable bonds is 3. The first-order valence-corrected chi connectivity index (χ1v) is 5.96. The van der Waals surface area contributed by atoms with Crippen LogP contribution in [0.1, 0.15) is 35.7 Å². The molecule has 0 unspecified atom stereocenters. The van der Waals surface area contributed by atoms with Crippen LogP contribution in [0.15, 0.2) is 36.7 Å². The molecule has 0 saturated carbocycles. The molecule has 2 rings (SSSR count). The van der Waals surface area contributed by atoms with Crippen LogP contribution in [0.5, 0.6) is 0 Å². The van der Waals surface area contributed by atoms with Crippen LogP contribution in [-0.2, 0) is 7.05 Å². The third-order valence-corrected chi connectivity index (χ3v) is 2.78. The van der Waals surface area contributed by atoms with Gasteiger partial charge in [-0.25, -0.2) is 0 Å². The molecule has 94 valence electrons. The van der Waals surface area contributed by atoms with E-state index in [-0.39, 0.29) is 5.91 Å². The Hall–Kier alpha value is -2.10. The largest absolute Gasteiger partial charge is 0.319 e. The van der Waals surface area contributed by atoms with Crippen LogP contribution in [0, 0.1) is 0 Å². The highest BCUT2D eigenvalue weighted by atomic mass is 16.1. The van der Waals surface area contributed by atoms with Crippen LogP contribution in [0.2, 0.25) is 0 Å². The summed E-state index contributed by atoms with van der Waals surface area (Å²) in [6.45, 7) is 4.22. The summed E-state index contributed by atoms with van der Waals surface area (Å²) in [4.78, 5) is 12.1. The fraction of sp³-hybridized carbons (Fsp3) is 0.286. The molecule has 2 aromatic rings. The molecule has 18 heavy (non-hydrogen) atoms. The average molecular weight is 243 g/mol. The topological polar surface area (TPSA) is 46.9 Å². The maximum Gasteiger partial charge on any atom is 0.255 e. The first kappa shape index (κ1) is 12.4. The number of carbonyl (C=O) groups is 1. The van der Waals surface area contributed by atoms with Crippen molar-refractivity contribution in [1.29, 1.82) is 0 Å². The molecular formula is C14H17N3O. The van der Waals surface area contributed by atoms with Crippen LogP contribution in [0.25, 0.3) is 0 Å². The maximum atomic E-state index is 12.1. The van der Waals surface area contributed by atoms with Crippen LogP contribution >= 0.6 is 0 Å². The normalized spacial score (nSPS) is 10.7. The molecule has 0 spiro atoms. The molecule has 1 heterocycles. The predicted octanol–water partition coefficient (Wildman–Crippen LogP) is 2.80. The molecule has 1 N–H and O–H groups in total. The number of amides is 1. The Morgan fingerprint density at radius 1 is 1.39 bits per heavy atom. The van der Waals surface area contributed by atoms with E-state index < -0.39 is 0 Å². The lowest BCUT2D eigenvalue weighted by Crippen LogP contribution is -2.11. The monoisotopic (exact) mass is 243 g/mol. The number of carbonyl (C=O) groups excluding carboxylic acids is 1. The molecule has 1 aromatic carbocycles. The molecule has 0 fully saturated rings. The molecule has 0 bridgehead atoms. The molecule has 0 aliphatic carbocycles. The first-order chi connectivity index (χ1) is 8.56. The van der Waals surface area contributed by atoms with Crippen LogP contribution in [0.4, 0.5) is 5.69 Å². The lowest BCUT2D eigenvalue weighted by Gasteiger charge is -2.07. The van der Waals surface area contributed by atoms with Gasteiger partial charge in [0, 0.05) is 18.8 Å². The molecular weight excluding hydrogens is 226 g/mol. The minimum absolute atomic E-state index is 0.106. The second-order valence-electron chi connectivity index (χ2n) is 4.64. The Kier molecular flexibility index (Phi) is 3.46. The van der Waals surface area contributed by atoms with Crippen molar-refractivity contribution in [2.75, 3.05) is 5.32 Å². The van der Waals surface area contributed by atoms with Gasteiger partial charge in [0.05, 0.1) is 11.9 Å². The minimum atomic E-state index is -0.106. The van der Waals surface area contributed by atoms with Gasteiger partial charge in [0.1, 0.15) is 0 Å². The number of nitrogens with zero attached hydrogens (tertiary/aromatic N) is 2. The fourth-order valence-corrected chi connectivity index (χ4v) is 1.73. The summed E-state index contributed by atoms with van der Waals surface area (Å²) < 4.78 is 1.65. The van der Waals surface area contributed by atoms with Crippen molar-refractivity contribution in [1.82, 2.24) is 9.78 Å². The Morgan fingerprint density at radius 2 is 2.17 bits per heavy atom. The number of hydrogen-bond acceptors (Lipinski definition) is 2. The van der Waals surface area contributed by atoms with Crippen molar-refractivity contribution < 1.29 is 4.79 Å². The maximum absolute atomic E-state index is 12.1. The number of benzene rings is 1. The van der Waals surface area contributed by atoms with Gasteiger partial charge in [0.25, 0.3) is 5.91 Å². The zero-order valence-electron chi connectivity index (χ0n) is 10.8. The Labute approximate surface area is 107 Å². The zero-order chi connectivity index (χ0) is 13.1. The lowest BCUT2D eigenvalue weighted by molar-refractivity contribution is 0.102. The van der Waals surface area contributed by atoms with Crippen molar-refractivity contribution in [2.45, 2.75) is 19.8 Å². The SMILES string of the molecule is CC(C)c1cccc(C(=O)Nc2cnn(C)c2)c1. The highest BCUT2D eigenvalue weighted by Crippen LogP contribution is 2.16. The van der Waals surface area contributed by atoms with Crippen molar-refractivity contribution in [3.8, 4) is 0 Å². The summed E-state index contributed by atoms with van der Waals surface area (Å²) in [5.74, 6) is 0.307. The third kappa shape index (κ3) is 2.77. The van der Waals surface area contributed by atoms with Gasteiger partial charge in [-0.1, -0.05) is 26.0 Å². The highest BCUT2D eigenvalue weighted by molar-refractivity contribution is 6.04. The molecule has 1 amide bonds. The van der Waals surface area contributed by atoms with Crippen molar-refractivity contribution >= 4 is 11.6 Å². The summed E-state index contributed by atoms with van der Waals surface area (Å²) in [6.07, 6.45) is 3.40. The van der Waals surface area contributed by atoms with E-state index in [2.05, 4.69) is 24.3 Å². The van der Waals surface area contributed by atoms with Crippen LogP contribution in [-0.4, -0.2) is 15.7 Å². The zero-order valence-corrected chi connectivity index (χ0v) is 10.8. The molecule has 0 atom stereocenters. The van der Waals surface area contributed by atoms with Gasteiger partial charge in [-0.2, -0.15) is 5.10 Å². The Bertz CT molecular complexity index is 558. The van der Waals surface area contributed by atoms with Gasteiger partial charge in [0.15, 0.2) is 0 Å². The van der Waals surface area contributed by atoms with E-state index in [4.69, 9.17) is 0 Å². The number of aromatic nitrogens is 2. The average Bonchev–Trinajstić information content (AvgIpc) is 2.75. The van der Waals surface area contributed by atoms with Crippen molar-refractivity contribution in [3.05, 3.63) is 47.8 Å². The van der Waals surface area contributed by atoms with Crippen molar-refractivity contribution in [3.63, 3.8) is 0 Å². The third-order valence-electron chi connectivity index (χ3n) is 2.78. The van der Waals surface area contributed by atoms with Gasteiger partial charge in [-0.05, 0) is 23.6 Å². The van der Waals surface area contributed by atoms with E-state index in [1.165, 1.54) is 0 Å².